The molecule has 23 heavy (non-hydrogen) atoms. The van der Waals surface area contributed by atoms with Gasteiger partial charge in [0.1, 0.15) is 5.75 Å². The summed E-state index contributed by atoms with van der Waals surface area (Å²) in [6.07, 6.45) is 8.03. The average Bonchev–Trinajstić information content (AvgIpc) is 2.57. The van der Waals surface area contributed by atoms with Crippen LogP contribution in [0.1, 0.15) is 45.4 Å². The Kier molecular flexibility index (Phi) is 5.55. The maximum atomic E-state index is 12.4. The summed E-state index contributed by atoms with van der Waals surface area (Å²) in [5.41, 5.74) is 0.857. The van der Waals surface area contributed by atoms with Crippen LogP contribution in [0.2, 0.25) is 0 Å². The van der Waals surface area contributed by atoms with E-state index in [1.807, 2.05) is 31.2 Å². The van der Waals surface area contributed by atoms with E-state index in [-0.39, 0.29) is 5.91 Å². The Morgan fingerprint density at radius 2 is 1.91 bits per heavy atom. The number of fused-ring (bicyclic) bond motifs is 1. The molecule has 126 valence electrons. The molecular formula is C19H29N2O2+. The van der Waals surface area contributed by atoms with Crippen molar-refractivity contribution in [1.82, 2.24) is 0 Å². The van der Waals surface area contributed by atoms with Crippen LogP contribution in [0, 0.1) is 5.92 Å². The van der Waals surface area contributed by atoms with Crippen molar-refractivity contribution >= 4 is 11.6 Å². The van der Waals surface area contributed by atoms with E-state index in [9.17, 15) is 4.79 Å². The minimum Gasteiger partial charge on any atom is -0.494 e. The second-order valence-corrected chi connectivity index (χ2v) is 6.88. The number of piperidine rings is 1. The van der Waals surface area contributed by atoms with Gasteiger partial charge in [0.25, 0.3) is 5.91 Å². The number of hydrogen-bond donors (Lipinski definition) is 2. The minimum absolute atomic E-state index is 0.135. The van der Waals surface area contributed by atoms with Crippen molar-refractivity contribution in [2.24, 2.45) is 5.92 Å². The molecule has 1 aliphatic heterocycles. The third kappa shape index (κ3) is 4.25. The number of amides is 1. The topological polar surface area (TPSA) is 42.8 Å². The smallest absolute Gasteiger partial charge is 0.279 e. The van der Waals surface area contributed by atoms with E-state index in [0.717, 1.165) is 23.9 Å². The van der Waals surface area contributed by atoms with Crippen molar-refractivity contribution in [2.75, 3.05) is 25.0 Å². The van der Waals surface area contributed by atoms with Crippen molar-refractivity contribution in [2.45, 2.75) is 51.5 Å². The van der Waals surface area contributed by atoms with Gasteiger partial charge in [-0.25, -0.2) is 0 Å². The van der Waals surface area contributed by atoms with Crippen LogP contribution in [0.4, 0.5) is 5.69 Å². The van der Waals surface area contributed by atoms with Gasteiger partial charge < -0.3 is 15.0 Å². The fraction of sp³-hybridized carbons (Fsp3) is 0.632. The number of benzene rings is 1. The summed E-state index contributed by atoms with van der Waals surface area (Å²) in [4.78, 5) is 13.9. The molecule has 4 heteroatoms. The summed E-state index contributed by atoms with van der Waals surface area (Å²) in [5.74, 6) is 1.83. The molecule has 1 unspecified atom stereocenters. The SMILES string of the molecule is CCOc1ccc(NC(=O)C[NH+]2CCC[C@H]3CCCC[C@@H]32)cc1. The number of carbonyl (C=O) groups is 1. The molecule has 2 aliphatic rings. The Bertz CT molecular complexity index is 513. The maximum absolute atomic E-state index is 12.4. The largest absolute Gasteiger partial charge is 0.494 e. The average molecular weight is 317 g/mol. The molecule has 2 N–H and O–H groups in total. The molecule has 0 bridgehead atoms. The van der Waals surface area contributed by atoms with Gasteiger partial charge in [-0.3, -0.25) is 4.79 Å². The second kappa shape index (κ2) is 7.82. The Labute approximate surface area is 139 Å². The molecule has 1 heterocycles. The lowest BCUT2D eigenvalue weighted by Gasteiger charge is -2.40. The Morgan fingerprint density at radius 1 is 1.17 bits per heavy atom. The Hall–Kier alpha value is -1.55. The lowest BCUT2D eigenvalue weighted by Crippen LogP contribution is -3.18. The molecular weight excluding hydrogens is 288 g/mol. The zero-order valence-electron chi connectivity index (χ0n) is 14.1. The first-order valence-corrected chi connectivity index (χ1v) is 9.13. The highest BCUT2D eigenvalue weighted by Crippen LogP contribution is 2.28. The Balaban J connectivity index is 1.53. The van der Waals surface area contributed by atoms with Crippen LogP contribution in [-0.2, 0) is 4.79 Å². The van der Waals surface area contributed by atoms with Gasteiger partial charge in [0, 0.05) is 11.6 Å². The highest BCUT2D eigenvalue weighted by Gasteiger charge is 2.37. The Morgan fingerprint density at radius 3 is 2.70 bits per heavy atom. The first kappa shape index (κ1) is 16.3. The summed E-state index contributed by atoms with van der Waals surface area (Å²) >= 11 is 0. The lowest BCUT2D eigenvalue weighted by molar-refractivity contribution is -0.928. The van der Waals surface area contributed by atoms with Gasteiger partial charge in [0.05, 0.1) is 19.2 Å². The van der Waals surface area contributed by atoms with Crippen LogP contribution >= 0.6 is 0 Å². The van der Waals surface area contributed by atoms with E-state index in [0.29, 0.717) is 19.2 Å². The van der Waals surface area contributed by atoms with E-state index in [1.54, 1.807) is 0 Å². The summed E-state index contributed by atoms with van der Waals surface area (Å²) in [6.45, 7) is 4.38. The van der Waals surface area contributed by atoms with E-state index in [1.165, 1.54) is 43.4 Å². The normalized spacial score (nSPS) is 27.1. The fourth-order valence-corrected chi connectivity index (χ4v) is 4.30. The van der Waals surface area contributed by atoms with E-state index in [2.05, 4.69) is 5.32 Å². The van der Waals surface area contributed by atoms with E-state index >= 15 is 0 Å². The first-order valence-electron chi connectivity index (χ1n) is 9.13. The summed E-state index contributed by atoms with van der Waals surface area (Å²) in [6, 6.07) is 8.35. The van der Waals surface area contributed by atoms with Crippen LogP contribution in [-0.4, -0.2) is 31.6 Å². The molecule has 4 nitrogen and oxygen atoms in total. The van der Waals surface area contributed by atoms with Crippen molar-refractivity contribution in [3.8, 4) is 5.75 Å². The van der Waals surface area contributed by atoms with Gasteiger partial charge in [0.15, 0.2) is 6.54 Å². The number of likely N-dealkylation sites (tertiary alicyclic amines) is 1. The molecule has 3 atom stereocenters. The van der Waals surface area contributed by atoms with Crippen LogP contribution in [0.15, 0.2) is 24.3 Å². The van der Waals surface area contributed by atoms with Crippen LogP contribution in [0.25, 0.3) is 0 Å². The third-order valence-corrected chi connectivity index (χ3v) is 5.34. The number of hydrogen-bond acceptors (Lipinski definition) is 2. The second-order valence-electron chi connectivity index (χ2n) is 6.88. The van der Waals surface area contributed by atoms with Gasteiger partial charge in [-0.2, -0.15) is 0 Å². The van der Waals surface area contributed by atoms with Gasteiger partial charge in [-0.1, -0.05) is 6.42 Å². The van der Waals surface area contributed by atoms with Gasteiger partial charge >= 0.3 is 0 Å². The third-order valence-electron chi connectivity index (χ3n) is 5.34. The standard InChI is InChI=1S/C19H28N2O2/c1-2-23-17-11-9-16(10-12-17)20-19(22)14-21-13-5-7-15-6-3-4-8-18(15)21/h9-12,15,18H,2-8,13-14H2,1H3,(H,20,22)/p+1/t15-,18+/m1/s1. The lowest BCUT2D eigenvalue weighted by atomic mass is 9.78. The van der Waals surface area contributed by atoms with Gasteiger partial charge in [0.2, 0.25) is 0 Å². The van der Waals surface area contributed by atoms with Crippen molar-refractivity contribution in [1.29, 1.82) is 0 Å². The van der Waals surface area contributed by atoms with E-state index in [4.69, 9.17) is 4.74 Å². The maximum Gasteiger partial charge on any atom is 0.279 e. The molecule has 2 fully saturated rings. The number of rotatable bonds is 5. The van der Waals surface area contributed by atoms with Crippen LogP contribution in [0.5, 0.6) is 5.75 Å². The van der Waals surface area contributed by atoms with Crippen molar-refractivity contribution in [3.63, 3.8) is 0 Å². The zero-order chi connectivity index (χ0) is 16.1. The summed E-state index contributed by atoms with van der Waals surface area (Å²) in [7, 11) is 0. The zero-order valence-corrected chi connectivity index (χ0v) is 14.1. The van der Waals surface area contributed by atoms with Crippen LogP contribution in [0.3, 0.4) is 0 Å². The van der Waals surface area contributed by atoms with Gasteiger partial charge in [-0.15, -0.1) is 0 Å². The molecule has 1 saturated heterocycles. The highest BCUT2D eigenvalue weighted by molar-refractivity contribution is 5.91. The number of anilines is 1. The first-order chi connectivity index (χ1) is 11.3. The number of nitrogens with one attached hydrogen (secondary N) is 2. The van der Waals surface area contributed by atoms with E-state index < -0.39 is 0 Å². The molecule has 1 amide bonds. The van der Waals surface area contributed by atoms with Gasteiger partial charge in [-0.05, 0) is 63.3 Å². The molecule has 1 aromatic rings. The van der Waals surface area contributed by atoms with Crippen LogP contribution < -0.4 is 15.0 Å². The molecule has 1 aliphatic carbocycles. The quantitative estimate of drug-likeness (QED) is 0.875. The fourth-order valence-electron chi connectivity index (χ4n) is 4.30. The minimum atomic E-state index is 0.135. The monoisotopic (exact) mass is 317 g/mol. The molecule has 0 spiro atoms. The summed E-state index contributed by atoms with van der Waals surface area (Å²) < 4.78 is 5.43. The molecule has 3 rings (SSSR count). The number of quaternary nitrogens is 1. The molecule has 1 aromatic carbocycles. The molecule has 1 saturated carbocycles. The molecule has 0 radical (unpaired) electrons. The number of ether oxygens (including phenoxy) is 1. The van der Waals surface area contributed by atoms with Crippen molar-refractivity contribution < 1.29 is 14.4 Å². The summed E-state index contributed by atoms with van der Waals surface area (Å²) in [5, 5.41) is 3.04. The molecule has 0 aromatic heterocycles. The number of carbonyl (C=O) groups excluding carboxylic acids is 1. The predicted octanol–water partition coefficient (Wildman–Crippen LogP) is 2.26. The highest BCUT2D eigenvalue weighted by atomic mass is 16.5. The predicted molar refractivity (Wildman–Crippen MR) is 91.9 cm³/mol. The van der Waals surface area contributed by atoms with Crippen molar-refractivity contribution in [3.05, 3.63) is 24.3 Å².